The molecule has 0 N–H and O–H groups in total. The van der Waals surface area contributed by atoms with Gasteiger partial charge in [-0.2, -0.15) is 0 Å². The third-order valence-electron chi connectivity index (χ3n) is 6.36. The number of halogens is 1. The summed E-state index contributed by atoms with van der Waals surface area (Å²) in [6.07, 6.45) is 3.34. The van der Waals surface area contributed by atoms with Crippen LogP contribution in [0.2, 0.25) is 5.02 Å². The Morgan fingerprint density at radius 2 is 1.87 bits per heavy atom. The van der Waals surface area contributed by atoms with Crippen LogP contribution in [-0.2, 0) is 13.0 Å². The van der Waals surface area contributed by atoms with Gasteiger partial charge in [0.15, 0.2) is 5.82 Å². The second-order valence-electron chi connectivity index (χ2n) is 8.24. The molecule has 0 spiro atoms. The van der Waals surface area contributed by atoms with E-state index in [1.54, 1.807) is 7.11 Å². The van der Waals surface area contributed by atoms with Crippen molar-refractivity contribution in [1.82, 2.24) is 19.7 Å². The number of hydrogen-bond donors (Lipinski definition) is 0. The van der Waals surface area contributed by atoms with Crippen molar-refractivity contribution in [2.45, 2.75) is 36.6 Å². The van der Waals surface area contributed by atoms with Crippen LogP contribution in [-0.4, -0.2) is 52.2 Å². The molecule has 3 heterocycles. The Labute approximate surface area is 192 Å². The lowest BCUT2D eigenvalue weighted by atomic mass is 9.95. The molecule has 7 heteroatoms. The van der Waals surface area contributed by atoms with Gasteiger partial charge in [-0.15, -0.1) is 22.0 Å². The first-order chi connectivity index (χ1) is 15.2. The Morgan fingerprint density at radius 1 is 1.06 bits per heavy atom. The summed E-state index contributed by atoms with van der Waals surface area (Å²) in [5.41, 5.74) is 2.49. The average molecular weight is 455 g/mol. The molecule has 2 aliphatic rings. The van der Waals surface area contributed by atoms with Gasteiger partial charge in [0.25, 0.3) is 0 Å². The summed E-state index contributed by atoms with van der Waals surface area (Å²) in [4.78, 5) is 3.83. The number of rotatable bonds is 5. The van der Waals surface area contributed by atoms with Gasteiger partial charge in [0.2, 0.25) is 0 Å². The zero-order chi connectivity index (χ0) is 21.2. The molecule has 1 aromatic heterocycles. The lowest BCUT2D eigenvalue weighted by molar-refractivity contribution is 0.210. The predicted octanol–water partition coefficient (Wildman–Crippen LogP) is 5.13. The Kier molecular flexibility index (Phi) is 6.21. The van der Waals surface area contributed by atoms with Crippen molar-refractivity contribution in [3.63, 3.8) is 0 Å². The highest BCUT2D eigenvalue weighted by molar-refractivity contribution is 7.99. The smallest absolute Gasteiger partial charge is 0.165 e. The molecule has 1 saturated heterocycles. The zero-order valence-corrected chi connectivity index (χ0v) is 19.3. The monoisotopic (exact) mass is 454 g/mol. The molecule has 2 aromatic carbocycles. The summed E-state index contributed by atoms with van der Waals surface area (Å²) in [6.45, 7) is 4.27. The SMILES string of the molecule is COc1ccc2c(c1)-c1nnc(C3CCN(CCc4ccc(Cl)cc4)CC3)n1CCS2. The first kappa shape index (κ1) is 20.9. The minimum absolute atomic E-state index is 0.477. The van der Waals surface area contributed by atoms with E-state index in [0.717, 1.165) is 79.2 Å². The van der Waals surface area contributed by atoms with Gasteiger partial charge < -0.3 is 14.2 Å². The highest BCUT2D eigenvalue weighted by Crippen LogP contribution is 2.38. The van der Waals surface area contributed by atoms with Crippen LogP contribution in [0, 0.1) is 0 Å². The van der Waals surface area contributed by atoms with Crippen LogP contribution in [0.1, 0.15) is 30.1 Å². The first-order valence-corrected chi connectivity index (χ1v) is 12.3. The number of hydrogen-bond acceptors (Lipinski definition) is 5. The molecule has 0 atom stereocenters. The third-order valence-corrected chi connectivity index (χ3v) is 7.67. The van der Waals surface area contributed by atoms with Gasteiger partial charge in [0, 0.05) is 40.2 Å². The largest absolute Gasteiger partial charge is 0.497 e. The Balaban J connectivity index is 1.26. The second-order valence-corrected chi connectivity index (χ2v) is 9.81. The molecule has 0 radical (unpaired) electrons. The number of likely N-dealkylation sites (tertiary alicyclic amines) is 1. The molecule has 0 bridgehead atoms. The predicted molar refractivity (Wildman–Crippen MR) is 126 cm³/mol. The Hall–Kier alpha value is -2.02. The molecule has 1 fully saturated rings. The maximum absolute atomic E-state index is 6.00. The van der Waals surface area contributed by atoms with E-state index in [0.29, 0.717) is 5.92 Å². The minimum atomic E-state index is 0.477. The number of aromatic nitrogens is 3. The van der Waals surface area contributed by atoms with Crippen molar-refractivity contribution < 1.29 is 4.74 Å². The lowest BCUT2D eigenvalue weighted by Crippen LogP contribution is -2.35. The van der Waals surface area contributed by atoms with Crippen LogP contribution < -0.4 is 4.74 Å². The van der Waals surface area contributed by atoms with Crippen molar-refractivity contribution >= 4 is 23.4 Å². The summed E-state index contributed by atoms with van der Waals surface area (Å²) < 4.78 is 7.81. The summed E-state index contributed by atoms with van der Waals surface area (Å²) in [6, 6.07) is 14.5. The molecule has 3 aromatic rings. The Bertz CT molecular complexity index is 1040. The van der Waals surface area contributed by atoms with E-state index in [1.165, 1.54) is 10.5 Å². The van der Waals surface area contributed by atoms with Crippen LogP contribution in [0.5, 0.6) is 5.75 Å². The molecule has 31 heavy (non-hydrogen) atoms. The van der Waals surface area contributed by atoms with Crippen LogP contribution in [0.4, 0.5) is 0 Å². The third kappa shape index (κ3) is 4.47. The topological polar surface area (TPSA) is 43.2 Å². The van der Waals surface area contributed by atoms with E-state index in [1.807, 2.05) is 30.0 Å². The quantitative estimate of drug-likeness (QED) is 0.534. The fraction of sp³-hybridized carbons (Fsp3) is 0.417. The minimum Gasteiger partial charge on any atom is -0.497 e. The highest BCUT2D eigenvalue weighted by atomic mass is 35.5. The standard InChI is InChI=1S/C24H27ClN4OS/c1-30-20-6-7-22-21(16-20)24-27-26-23(29(24)14-15-31-22)18-9-12-28(13-10-18)11-8-17-2-4-19(25)5-3-17/h2-7,16,18H,8-15H2,1H3. The molecule has 0 unspecified atom stereocenters. The molecule has 0 amide bonds. The van der Waals surface area contributed by atoms with Gasteiger partial charge >= 0.3 is 0 Å². The van der Waals surface area contributed by atoms with E-state index < -0.39 is 0 Å². The zero-order valence-electron chi connectivity index (χ0n) is 17.8. The van der Waals surface area contributed by atoms with E-state index >= 15 is 0 Å². The van der Waals surface area contributed by atoms with E-state index in [2.05, 4.69) is 43.9 Å². The number of nitrogens with zero attached hydrogens (tertiary/aromatic N) is 4. The fourth-order valence-electron chi connectivity index (χ4n) is 4.57. The van der Waals surface area contributed by atoms with Crippen LogP contribution in [0.15, 0.2) is 47.4 Å². The molecular formula is C24H27ClN4OS. The van der Waals surface area contributed by atoms with Crippen LogP contribution >= 0.6 is 23.4 Å². The maximum atomic E-state index is 6.00. The molecule has 2 aliphatic heterocycles. The van der Waals surface area contributed by atoms with Crippen molar-refractivity contribution in [3.05, 3.63) is 58.9 Å². The maximum Gasteiger partial charge on any atom is 0.165 e. The summed E-state index contributed by atoms with van der Waals surface area (Å²) >= 11 is 7.89. The molecule has 0 aliphatic carbocycles. The number of methoxy groups -OCH3 is 1. The normalized spacial score (nSPS) is 17.1. The molecular weight excluding hydrogens is 428 g/mol. The highest BCUT2D eigenvalue weighted by Gasteiger charge is 2.28. The molecule has 5 rings (SSSR count). The van der Waals surface area contributed by atoms with Crippen molar-refractivity contribution in [1.29, 1.82) is 0 Å². The lowest BCUT2D eigenvalue weighted by Gasteiger charge is -2.31. The van der Waals surface area contributed by atoms with E-state index in [9.17, 15) is 0 Å². The molecule has 162 valence electrons. The number of thioether (sulfide) groups is 1. The van der Waals surface area contributed by atoms with Gasteiger partial charge in [0.05, 0.1) is 7.11 Å². The van der Waals surface area contributed by atoms with Crippen molar-refractivity contribution in [3.8, 4) is 17.1 Å². The fourth-order valence-corrected chi connectivity index (χ4v) is 5.66. The second kappa shape index (κ2) is 9.23. The number of piperidine rings is 1. The van der Waals surface area contributed by atoms with E-state index in [-0.39, 0.29) is 0 Å². The number of ether oxygens (including phenoxy) is 1. The van der Waals surface area contributed by atoms with Gasteiger partial charge in [-0.25, -0.2) is 0 Å². The van der Waals surface area contributed by atoms with Gasteiger partial charge in [-0.05, 0) is 68.2 Å². The average Bonchev–Trinajstić information content (AvgIpc) is 3.14. The van der Waals surface area contributed by atoms with E-state index in [4.69, 9.17) is 16.3 Å². The van der Waals surface area contributed by atoms with Gasteiger partial charge in [-0.3, -0.25) is 0 Å². The van der Waals surface area contributed by atoms with Crippen LogP contribution in [0.25, 0.3) is 11.4 Å². The van der Waals surface area contributed by atoms with Crippen LogP contribution in [0.3, 0.4) is 0 Å². The van der Waals surface area contributed by atoms with Crippen molar-refractivity contribution in [2.75, 3.05) is 32.5 Å². The summed E-state index contributed by atoms with van der Waals surface area (Å²) in [5.74, 6) is 4.52. The van der Waals surface area contributed by atoms with Gasteiger partial charge in [-0.1, -0.05) is 23.7 Å². The summed E-state index contributed by atoms with van der Waals surface area (Å²) in [5, 5.41) is 10.1. The Morgan fingerprint density at radius 3 is 2.65 bits per heavy atom. The molecule has 0 saturated carbocycles. The molecule has 5 nitrogen and oxygen atoms in total. The van der Waals surface area contributed by atoms with Crippen molar-refractivity contribution in [2.24, 2.45) is 0 Å². The number of benzene rings is 2. The number of fused-ring (bicyclic) bond motifs is 3. The first-order valence-electron chi connectivity index (χ1n) is 10.9. The van der Waals surface area contributed by atoms with Gasteiger partial charge in [0.1, 0.15) is 11.6 Å². The summed E-state index contributed by atoms with van der Waals surface area (Å²) in [7, 11) is 1.71.